The van der Waals surface area contributed by atoms with Gasteiger partial charge in [0.25, 0.3) is 5.91 Å². The van der Waals surface area contributed by atoms with Crippen molar-refractivity contribution in [2.24, 2.45) is 0 Å². The Hall–Kier alpha value is -2.70. The fraction of sp³-hybridized carbons (Fsp3) is 0.474. The first-order valence-electron chi connectivity index (χ1n) is 9.03. The summed E-state index contributed by atoms with van der Waals surface area (Å²) in [5.41, 5.74) is 2.08. The van der Waals surface area contributed by atoms with Crippen LogP contribution in [-0.2, 0) is 20.9 Å². The maximum Gasteiger partial charge on any atom is 0.255 e. The van der Waals surface area contributed by atoms with Crippen LogP contribution in [0.25, 0.3) is 0 Å². The third-order valence-corrected chi connectivity index (χ3v) is 4.87. The van der Waals surface area contributed by atoms with Gasteiger partial charge in [0.15, 0.2) is 5.78 Å². The lowest BCUT2D eigenvalue weighted by molar-refractivity contribution is -0.137. The maximum atomic E-state index is 12.7. The van der Waals surface area contributed by atoms with Crippen molar-refractivity contribution in [1.82, 2.24) is 10.2 Å². The summed E-state index contributed by atoms with van der Waals surface area (Å²) < 4.78 is 0. The first-order chi connectivity index (χ1) is 12.5. The number of rotatable bonds is 7. The molecule has 1 atom stereocenters. The van der Waals surface area contributed by atoms with E-state index in [9.17, 15) is 19.2 Å². The van der Waals surface area contributed by atoms with Crippen molar-refractivity contribution in [3.05, 3.63) is 29.3 Å². The van der Waals surface area contributed by atoms with E-state index in [2.05, 4.69) is 10.6 Å². The summed E-state index contributed by atoms with van der Waals surface area (Å²) in [4.78, 5) is 49.6. The first-order valence-corrected chi connectivity index (χ1v) is 9.03. The van der Waals surface area contributed by atoms with Gasteiger partial charge in [-0.25, -0.2) is 0 Å². The quantitative estimate of drug-likeness (QED) is 0.723. The molecule has 3 rings (SSSR count). The highest BCUT2D eigenvalue weighted by molar-refractivity contribution is 6.06. The molecule has 2 heterocycles. The minimum absolute atomic E-state index is 0.135. The number of hydrogen-bond donors (Lipinski definition) is 2. The van der Waals surface area contributed by atoms with E-state index in [0.717, 1.165) is 24.1 Å². The van der Waals surface area contributed by atoms with Gasteiger partial charge in [-0.3, -0.25) is 24.5 Å². The zero-order valence-electron chi connectivity index (χ0n) is 14.8. The van der Waals surface area contributed by atoms with E-state index in [1.807, 2.05) is 13.0 Å². The van der Waals surface area contributed by atoms with E-state index in [0.29, 0.717) is 24.9 Å². The molecular formula is C19H23N3O4. The van der Waals surface area contributed by atoms with Crippen molar-refractivity contribution in [2.45, 2.75) is 51.6 Å². The van der Waals surface area contributed by atoms with Crippen LogP contribution in [0.5, 0.6) is 0 Å². The molecule has 1 unspecified atom stereocenters. The normalized spacial score (nSPS) is 19.3. The Bertz CT molecular complexity index is 759. The summed E-state index contributed by atoms with van der Waals surface area (Å²) in [6.07, 6.45) is 2.95. The number of ketones is 1. The molecule has 1 saturated heterocycles. The number of nitrogens with zero attached hydrogens (tertiary/aromatic N) is 1. The van der Waals surface area contributed by atoms with Crippen LogP contribution >= 0.6 is 0 Å². The van der Waals surface area contributed by atoms with E-state index >= 15 is 0 Å². The van der Waals surface area contributed by atoms with Gasteiger partial charge < -0.3 is 10.2 Å². The monoisotopic (exact) mass is 357 g/mol. The van der Waals surface area contributed by atoms with Gasteiger partial charge in [0.05, 0.1) is 6.54 Å². The highest BCUT2D eigenvalue weighted by Crippen LogP contribution is 2.32. The second kappa shape index (κ2) is 7.68. The van der Waals surface area contributed by atoms with E-state index in [1.54, 1.807) is 12.1 Å². The van der Waals surface area contributed by atoms with Gasteiger partial charge in [0.2, 0.25) is 11.8 Å². The molecule has 3 amide bonds. The van der Waals surface area contributed by atoms with Gasteiger partial charge in [-0.1, -0.05) is 19.4 Å². The molecule has 138 valence electrons. The van der Waals surface area contributed by atoms with Gasteiger partial charge in [0.1, 0.15) is 6.04 Å². The van der Waals surface area contributed by atoms with Crippen LogP contribution in [0.3, 0.4) is 0 Å². The Morgan fingerprint density at radius 3 is 2.85 bits per heavy atom. The number of benzene rings is 1. The first kappa shape index (κ1) is 18.1. The molecule has 0 bridgehead atoms. The van der Waals surface area contributed by atoms with Crippen LogP contribution in [0.15, 0.2) is 18.2 Å². The molecule has 0 spiro atoms. The fourth-order valence-corrected chi connectivity index (χ4v) is 3.41. The number of unbranched alkanes of at least 4 members (excludes halogenated alkanes) is 1. The number of nitrogens with one attached hydrogen (secondary N) is 2. The van der Waals surface area contributed by atoms with Gasteiger partial charge >= 0.3 is 0 Å². The van der Waals surface area contributed by atoms with Crippen LogP contribution in [0, 0.1) is 0 Å². The smallest absolute Gasteiger partial charge is 0.255 e. The SMILES string of the molecule is CCCCC(=O)CNc1cccc2c1CN(C1CCC(=O)NC1=O)C2=O. The average molecular weight is 357 g/mol. The second-order valence-electron chi connectivity index (χ2n) is 6.73. The number of fused-ring (bicyclic) bond motifs is 1. The van der Waals surface area contributed by atoms with E-state index in [-0.39, 0.29) is 30.6 Å². The molecule has 0 aliphatic carbocycles. The molecular weight excluding hydrogens is 334 g/mol. The molecule has 1 aromatic carbocycles. The molecule has 1 fully saturated rings. The number of Topliss-reactive ketones (excluding diaryl/α,β-unsaturated/α-hetero) is 1. The number of amides is 3. The van der Waals surface area contributed by atoms with Gasteiger partial charge in [0, 0.05) is 36.2 Å². The minimum Gasteiger partial charge on any atom is -0.378 e. The summed E-state index contributed by atoms with van der Waals surface area (Å²) in [6.45, 7) is 2.57. The van der Waals surface area contributed by atoms with Gasteiger partial charge in [-0.05, 0) is 25.0 Å². The Balaban J connectivity index is 1.72. The van der Waals surface area contributed by atoms with Gasteiger partial charge in [-0.15, -0.1) is 0 Å². The maximum absolute atomic E-state index is 12.7. The largest absolute Gasteiger partial charge is 0.378 e. The molecule has 0 aromatic heterocycles. The Labute approximate surface area is 152 Å². The van der Waals surface area contributed by atoms with E-state index in [4.69, 9.17) is 0 Å². The number of carbonyl (C=O) groups excluding carboxylic acids is 4. The Morgan fingerprint density at radius 1 is 1.31 bits per heavy atom. The predicted octanol–water partition coefficient (Wildman–Crippen LogP) is 1.62. The standard InChI is InChI=1S/C19H23N3O4/c1-2-3-5-12(23)10-20-15-7-4-6-13-14(15)11-22(19(13)26)16-8-9-17(24)21-18(16)25/h4,6-7,16,20H,2-3,5,8-11H2,1H3,(H,21,24,25). The van der Waals surface area contributed by atoms with E-state index in [1.165, 1.54) is 4.90 Å². The third kappa shape index (κ3) is 3.61. The number of anilines is 1. The molecule has 26 heavy (non-hydrogen) atoms. The Morgan fingerprint density at radius 2 is 2.12 bits per heavy atom. The summed E-state index contributed by atoms with van der Waals surface area (Å²) in [6, 6.07) is 4.70. The van der Waals surface area contributed by atoms with Crippen molar-refractivity contribution in [2.75, 3.05) is 11.9 Å². The number of hydrogen-bond acceptors (Lipinski definition) is 5. The summed E-state index contributed by atoms with van der Waals surface area (Å²) in [5, 5.41) is 5.43. The van der Waals surface area contributed by atoms with Crippen molar-refractivity contribution < 1.29 is 19.2 Å². The highest BCUT2D eigenvalue weighted by atomic mass is 16.2. The molecule has 2 aliphatic heterocycles. The zero-order valence-corrected chi connectivity index (χ0v) is 14.8. The molecule has 2 N–H and O–H groups in total. The summed E-state index contributed by atoms with van der Waals surface area (Å²) in [7, 11) is 0. The topological polar surface area (TPSA) is 95.6 Å². The lowest BCUT2D eigenvalue weighted by atomic mass is 10.0. The van der Waals surface area contributed by atoms with Crippen LogP contribution in [0.2, 0.25) is 0 Å². The number of carbonyl (C=O) groups is 4. The molecule has 7 heteroatoms. The van der Waals surface area contributed by atoms with Crippen LogP contribution < -0.4 is 10.6 Å². The molecule has 1 aromatic rings. The molecule has 0 saturated carbocycles. The summed E-state index contributed by atoms with van der Waals surface area (Å²) in [5.74, 6) is -0.804. The molecule has 0 radical (unpaired) electrons. The lowest BCUT2D eigenvalue weighted by Crippen LogP contribution is -2.52. The van der Waals surface area contributed by atoms with Crippen molar-refractivity contribution in [3.8, 4) is 0 Å². The second-order valence-corrected chi connectivity index (χ2v) is 6.73. The predicted molar refractivity (Wildman–Crippen MR) is 95.5 cm³/mol. The van der Waals surface area contributed by atoms with Gasteiger partial charge in [-0.2, -0.15) is 0 Å². The minimum atomic E-state index is -0.633. The highest BCUT2D eigenvalue weighted by Gasteiger charge is 2.39. The van der Waals surface area contributed by atoms with Crippen molar-refractivity contribution in [1.29, 1.82) is 0 Å². The van der Waals surface area contributed by atoms with Crippen LogP contribution in [0.4, 0.5) is 5.69 Å². The van der Waals surface area contributed by atoms with Crippen molar-refractivity contribution >= 4 is 29.2 Å². The third-order valence-electron chi connectivity index (χ3n) is 4.87. The van der Waals surface area contributed by atoms with Crippen LogP contribution in [-0.4, -0.2) is 41.0 Å². The van der Waals surface area contributed by atoms with Crippen molar-refractivity contribution in [3.63, 3.8) is 0 Å². The molecule has 7 nitrogen and oxygen atoms in total. The fourth-order valence-electron chi connectivity index (χ4n) is 3.41. The van der Waals surface area contributed by atoms with Crippen LogP contribution in [0.1, 0.15) is 54.9 Å². The lowest BCUT2D eigenvalue weighted by Gasteiger charge is -2.29. The zero-order chi connectivity index (χ0) is 18.7. The Kier molecular flexibility index (Phi) is 5.35. The molecule has 2 aliphatic rings. The average Bonchev–Trinajstić information content (AvgIpc) is 2.95. The summed E-state index contributed by atoms with van der Waals surface area (Å²) >= 11 is 0. The van der Waals surface area contributed by atoms with E-state index < -0.39 is 11.9 Å². The number of imide groups is 1. The number of piperidine rings is 1.